The summed E-state index contributed by atoms with van der Waals surface area (Å²) in [5.41, 5.74) is -0.150. The van der Waals surface area contributed by atoms with E-state index in [1.165, 1.54) is 0 Å². The molecule has 0 unspecified atom stereocenters. The van der Waals surface area contributed by atoms with E-state index in [4.69, 9.17) is 11.6 Å². The van der Waals surface area contributed by atoms with Gasteiger partial charge in [-0.15, -0.1) is 0 Å². The van der Waals surface area contributed by atoms with Crippen LogP contribution in [-0.4, -0.2) is 4.92 Å². The lowest BCUT2D eigenvalue weighted by atomic mass is 10.2. The summed E-state index contributed by atoms with van der Waals surface area (Å²) in [6.07, 6.45) is 0. The maximum absolute atomic E-state index is 13.6. The number of nitrogens with one attached hydrogen (secondary N) is 1. The molecule has 2 aromatic carbocycles. The quantitative estimate of drug-likeness (QED) is 0.609. The summed E-state index contributed by atoms with van der Waals surface area (Å²) in [6, 6.07) is 6.42. The second-order valence-corrected chi connectivity index (χ2v) is 5.40. The van der Waals surface area contributed by atoms with Crippen molar-refractivity contribution in [3.63, 3.8) is 0 Å². The van der Waals surface area contributed by atoms with E-state index < -0.39 is 22.2 Å². The molecule has 0 heterocycles. The number of hydrogen-bond donors (Lipinski definition) is 1. The van der Waals surface area contributed by atoms with Crippen LogP contribution in [0, 0.1) is 21.7 Å². The maximum Gasteiger partial charge on any atom is 0.307 e. The zero-order valence-corrected chi connectivity index (χ0v) is 12.7. The molecule has 0 radical (unpaired) electrons. The van der Waals surface area contributed by atoms with Crippen LogP contribution >= 0.6 is 27.5 Å². The Hall–Kier alpha value is -1.73. The van der Waals surface area contributed by atoms with Crippen molar-refractivity contribution < 1.29 is 13.7 Å². The molecule has 4 nitrogen and oxygen atoms in total. The minimum Gasteiger partial charge on any atom is -0.378 e. The maximum atomic E-state index is 13.6. The fourth-order valence-corrected chi connectivity index (χ4v) is 2.20. The van der Waals surface area contributed by atoms with Gasteiger partial charge in [0.1, 0.15) is 5.82 Å². The molecule has 110 valence electrons. The zero-order chi connectivity index (χ0) is 15.6. The fourth-order valence-electron chi connectivity index (χ4n) is 1.66. The van der Waals surface area contributed by atoms with Crippen LogP contribution in [0.2, 0.25) is 5.02 Å². The first-order chi connectivity index (χ1) is 9.88. The van der Waals surface area contributed by atoms with Crippen molar-refractivity contribution in [2.24, 2.45) is 0 Å². The van der Waals surface area contributed by atoms with Gasteiger partial charge in [-0.1, -0.05) is 17.7 Å². The van der Waals surface area contributed by atoms with E-state index in [-0.39, 0.29) is 12.2 Å². The molecule has 0 bridgehead atoms. The van der Waals surface area contributed by atoms with Gasteiger partial charge in [0.25, 0.3) is 0 Å². The van der Waals surface area contributed by atoms with Crippen molar-refractivity contribution in [1.82, 2.24) is 0 Å². The molecule has 0 atom stereocenters. The van der Waals surface area contributed by atoms with Gasteiger partial charge in [0.05, 0.1) is 15.6 Å². The summed E-state index contributed by atoms with van der Waals surface area (Å²) < 4.78 is 27.5. The molecule has 0 aliphatic heterocycles. The Morgan fingerprint density at radius 2 is 1.95 bits per heavy atom. The number of halogens is 4. The van der Waals surface area contributed by atoms with E-state index in [0.717, 1.165) is 11.6 Å². The lowest BCUT2D eigenvalue weighted by molar-refractivity contribution is -0.387. The van der Waals surface area contributed by atoms with Gasteiger partial charge in [0.15, 0.2) is 0 Å². The summed E-state index contributed by atoms with van der Waals surface area (Å²) in [5.74, 6) is -2.11. The summed E-state index contributed by atoms with van der Waals surface area (Å²) in [5, 5.41) is 13.9. The van der Waals surface area contributed by atoms with Gasteiger partial charge in [-0.05, 0) is 33.6 Å². The van der Waals surface area contributed by atoms with Crippen molar-refractivity contribution in [1.29, 1.82) is 0 Å². The lowest BCUT2D eigenvalue weighted by Crippen LogP contribution is -2.04. The topological polar surface area (TPSA) is 55.2 Å². The Bertz CT molecular complexity index is 713. The average Bonchev–Trinajstić information content (AvgIpc) is 2.41. The Labute approximate surface area is 132 Å². The Morgan fingerprint density at radius 1 is 1.24 bits per heavy atom. The number of benzene rings is 2. The Balaban J connectivity index is 2.21. The van der Waals surface area contributed by atoms with E-state index in [9.17, 15) is 18.9 Å². The van der Waals surface area contributed by atoms with Crippen molar-refractivity contribution in [3.8, 4) is 0 Å². The minimum atomic E-state index is -1.21. The number of nitro groups is 1. The van der Waals surface area contributed by atoms with E-state index in [1.807, 2.05) is 0 Å². The molecule has 0 aromatic heterocycles. The molecule has 2 aromatic rings. The zero-order valence-electron chi connectivity index (χ0n) is 10.4. The molecule has 0 spiro atoms. The van der Waals surface area contributed by atoms with Crippen molar-refractivity contribution in [2.75, 3.05) is 5.32 Å². The van der Waals surface area contributed by atoms with Gasteiger partial charge >= 0.3 is 5.69 Å². The number of nitro benzene ring substituents is 1. The molecule has 0 aliphatic rings. The van der Waals surface area contributed by atoms with Crippen molar-refractivity contribution in [3.05, 3.63) is 67.1 Å². The molecule has 21 heavy (non-hydrogen) atoms. The van der Waals surface area contributed by atoms with Crippen LogP contribution in [0.4, 0.5) is 20.2 Å². The van der Waals surface area contributed by atoms with E-state index >= 15 is 0 Å². The van der Waals surface area contributed by atoms with Gasteiger partial charge in [0, 0.05) is 23.2 Å². The van der Waals surface area contributed by atoms with Crippen LogP contribution in [0.25, 0.3) is 0 Å². The average molecular weight is 378 g/mol. The lowest BCUT2D eigenvalue weighted by Gasteiger charge is -2.09. The molecule has 1 N–H and O–H groups in total. The number of rotatable bonds is 4. The summed E-state index contributed by atoms with van der Waals surface area (Å²) in [4.78, 5) is 9.73. The summed E-state index contributed by atoms with van der Waals surface area (Å²) in [7, 11) is 0. The third-order valence-corrected chi connectivity index (χ3v) is 3.91. The molecule has 0 fully saturated rings. The molecule has 8 heteroatoms. The van der Waals surface area contributed by atoms with Crippen LogP contribution in [0.5, 0.6) is 0 Å². The summed E-state index contributed by atoms with van der Waals surface area (Å²) in [6.45, 7) is 0.204. The van der Waals surface area contributed by atoms with Gasteiger partial charge < -0.3 is 5.32 Å². The third-order valence-electron chi connectivity index (χ3n) is 2.70. The van der Waals surface area contributed by atoms with Crippen LogP contribution in [0.1, 0.15) is 5.56 Å². The normalized spacial score (nSPS) is 10.5. The molecule has 0 aliphatic carbocycles. The summed E-state index contributed by atoms with van der Waals surface area (Å²) >= 11 is 9.11. The van der Waals surface area contributed by atoms with Crippen LogP contribution in [-0.2, 0) is 6.54 Å². The minimum absolute atomic E-state index is 0.144. The molecule has 0 saturated heterocycles. The molecule has 0 saturated carbocycles. The smallest absolute Gasteiger partial charge is 0.307 e. The highest BCUT2D eigenvalue weighted by Crippen LogP contribution is 2.27. The number of nitrogens with zero attached hydrogens (tertiary/aromatic N) is 1. The van der Waals surface area contributed by atoms with Gasteiger partial charge in [0.2, 0.25) is 5.82 Å². The van der Waals surface area contributed by atoms with Crippen LogP contribution < -0.4 is 5.32 Å². The standard InChI is InChI=1S/C13H8BrClF2N2O2/c14-8-3-7(1-2-9(8)15)6-18-12-5-13(19(20)21)11(17)4-10(12)16/h1-5,18H,6H2. The van der Waals surface area contributed by atoms with Gasteiger partial charge in [-0.2, -0.15) is 4.39 Å². The monoisotopic (exact) mass is 376 g/mol. The molecular weight excluding hydrogens is 370 g/mol. The van der Waals surface area contributed by atoms with Crippen molar-refractivity contribution >= 4 is 38.9 Å². The number of hydrogen-bond acceptors (Lipinski definition) is 3. The number of anilines is 1. The first-order valence-electron chi connectivity index (χ1n) is 5.69. The second-order valence-electron chi connectivity index (χ2n) is 4.14. The van der Waals surface area contributed by atoms with E-state index in [0.29, 0.717) is 15.6 Å². The van der Waals surface area contributed by atoms with E-state index in [1.54, 1.807) is 18.2 Å². The largest absolute Gasteiger partial charge is 0.378 e. The highest BCUT2D eigenvalue weighted by atomic mass is 79.9. The van der Waals surface area contributed by atoms with Gasteiger partial charge in [-0.3, -0.25) is 10.1 Å². The highest BCUT2D eigenvalue weighted by Gasteiger charge is 2.18. The fraction of sp³-hybridized carbons (Fsp3) is 0.0769. The third kappa shape index (κ3) is 3.68. The highest BCUT2D eigenvalue weighted by molar-refractivity contribution is 9.10. The predicted molar refractivity (Wildman–Crippen MR) is 79.5 cm³/mol. The Kier molecular flexibility index (Phi) is 4.74. The molecular formula is C13H8BrClF2N2O2. The van der Waals surface area contributed by atoms with Crippen LogP contribution in [0.15, 0.2) is 34.8 Å². The molecule has 0 amide bonds. The second kappa shape index (κ2) is 6.36. The van der Waals surface area contributed by atoms with Crippen LogP contribution in [0.3, 0.4) is 0 Å². The molecule has 2 rings (SSSR count). The predicted octanol–water partition coefficient (Wildman–Crippen LogP) is 4.90. The van der Waals surface area contributed by atoms with Gasteiger partial charge in [-0.25, -0.2) is 4.39 Å². The SMILES string of the molecule is O=[N+]([O-])c1cc(NCc2ccc(Cl)c(Br)c2)c(F)cc1F. The first kappa shape index (κ1) is 15.7. The Morgan fingerprint density at radius 3 is 2.57 bits per heavy atom. The first-order valence-corrected chi connectivity index (χ1v) is 6.87. The van der Waals surface area contributed by atoms with Crippen molar-refractivity contribution in [2.45, 2.75) is 6.54 Å². The van der Waals surface area contributed by atoms with E-state index in [2.05, 4.69) is 21.2 Å².